The van der Waals surface area contributed by atoms with Gasteiger partial charge in [0.2, 0.25) is 0 Å². The molecule has 0 aliphatic carbocycles. The number of benzene rings is 1. The first-order chi connectivity index (χ1) is 11.2. The normalized spacial score (nSPS) is 24.2. The minimum atomic E-state index is -0.0924. The molecule has 3 nitrogen and oxygen atoms in total. The van der Waals surface area contributed by atoms with E-state index in [9.17, 15) is 4.39 Å². The van der Waals surface area contributed by atoms with Gasteiger partial charge < -0.3 is 4.90 Å². The highest BCUT2D eigenvalue weighted by molar-refractivity contribution is 9.10. The number of aromatic nitrogens is 1. The van der Waals surface area contributed by atoms with Crippen LogP contribution in [-0.2, 0) is 6.54 Å². The number of nitrogens with zero attached hydrogens (tertiary/aromatic N) is 3. The zero-order valence-corrected chi connectivity index (χ0v) is 14.4. The van der Waals surface area contributed by atoms with E-state index in [1.54, 1.807) is 12.1 Å². The minimum absolute atomic E-state index is 0.0924. The zero-order valence-electron chi connectivity index (χ0n) is 12.8. The Morgan fingerprint density at radius 2 is 1.78 bits per heavy atom. The van der Waals surface area contributed by atoms with E-state index in [-0.39, 0.29) is 5.82 Å². The molecule has 0 bridgehead atoms. The van der Waals surface area contributed by atoms with Crippen molar-refractivity contribution < 1.29 is 4.39 Å². The lowest BCUT2D eigenvalue weighted by Gasteiger charge is -2.22. The molecule has 2 saturated heterocycles. The third kappa shape index (κ3) is 3.12. The van der Waals surface area contributed by atoms with Crippen molar-refractivity contribution >= 4 is 21.7 Å². The summed E-state index contributed by atoms with van der Waals surface area (Å²) in [7, 11) is 0. The molecule has 2 unspecified atom stereocenters. The highest BCUT2D eigenvalue weighted by atomic mass is 79.9. The van der Waals surface area contributed by atoms with Crippen LogP contribution in [0.15, 0.2) is 47.1 Å². The maximum absolute atomic E-state index is 13.8. The molecule has 23 heavy (non-hydrogen) atoms. The van der Waals surface area contributed by atoms with Crippen LogP contribution in [0.2, 0.25) is 0 Å². The van der Waals surface area contributed by atoms with Crippen LogP contribution in [0.3, 0.4) is 0 Å². The van der Waals surface area contributed by atoms with Gasteiger partial charge >= 0.3 is 0 Å². The maximum atomic E-state index is 13.8. The van der Waals surface area contributed by atoms with E-state index >= 15 is 0 Å². The van der Waals surface area contributed by atoms with Crippen molar-refractivity contribution in [3.63, 3.8) is 0 Å². The average Bonchev–Trinajstić information content (AvgIpc) is 3.09. The third-order valence-electron chi connectivity index (χ3n) is 4.95. The third-order valence-corrected chi connectivity index (χ3v) is 5.42. The zero-order chi connectivity index (χ0) is 15.8. The molecule has 120 valence electrons. The summed E-state index contributed by atoms with van der Waals surface area (Å²) in [5.74, 6) is 2.29. The largest absolute Gasteiger partial charge is 0.356 e. The van der Waals surface area contributed by atoms with Gasteiger partial charge in [-0.25, -0.2) is 9.37 Å². The van der Waals surface area contributed by atoms with Crippen molar-refractivity contribution in [3.05, 3.63) is 58.4 Å². The molecule has 0 saturated carbocycles. The van der Waals surface area contributed by atoms with Gasteiger partial charge in [-0.15, -0.1) is 0 Å². The Morgan fingerprint density at radius 3 is 2.43 bits per heavy atom. The number of hydrogen-bond donors (Lipinski definition) is 0. The summed E-state index contributed by atoms with van der Waals surface area (Å²) in [6, 6.07) is 11.2. The average molecular weight is 376 g/mol. The smallest absolute Gasteiger partial charge is 0.128 e. The summed E-state index contributed by atoms with van der Waals surface area (Å²) in [5, 5.41) is 0. The van der Waals surface area contributed by atoms with Crippen molar-refractivity contribution in [1.82, 2.24) is 9.88 Å². The first-order valence-corrected chi connectivity index (χ1v) is 8.80. The number of likely N-dealkylation sites (tertiary alicyclic amines) is 1. The summed E-state index contributed by atoms with van der Waals surface area (Å²) in [4.78, 5) is 9.27. The van der Waals surface area contributed by atoms with Crippen LogP contribution in [0.4, 0.5) is 10.2 Å². The molecule has 2 aliphatic rings. The van der Waals surface area contributed by atoms with Crippen molar-refractivity contribution in [3.8, 4) is 0 Å². The Bertz CT molecular complexity index is 677. The molecule has 5 heteroatoms. The van der Waals surface area contributed by atoms with Crippen LogP contribution in [0, 0.1) is 17.7 Å². The predicted molar refractivity (Wildman–Crippen MR) is 92.8 cm³/mol. The van der Waals surface area contributed by atoms with E-state index in [4.69, 9.17) is 0 Å². The number of halogens is 2. The van der Waals surface area contributed by atoms with Crippen LogP contribution in [0.5, 0.6) is 0 Å². The Hall–Kier alpha value is -1.46. The number of hydrogen-bond acceptors (Lipinski definition) is 3. The molecular formula is C18H19BrFN3. The monoisotopic (exact) mass is 375 g/mol. The van der Waals surface area contributed by atoms with Crippen LogP contribution in [0.1, 0.15) is 5.56 Å². The fourth-order valence-electron chi connectivity index (χ4n) is 3.83. The van der Waals surface area contributed by atoms with E-state index < -0.39 is 0 Å². The lowest BCUT2D eigenvalue weighted by atomic mass is 10.0. The molecule has 1 aromatic carbocycles. The number of anilines is 1. The Balaban J connectivity index is 1.38. The quantitative estimate of drug-likeness (QED) is 0.817. The van der Waals surface area contributed by atoms with Crippen LogP contribution in [0.25, 0.3) is 0 Å². The predicted octanol–water partition coefficient (Wildman–Crippen LogP) is 3.55. The second-order valence-corrected chi connectivity index (χ2v) is 7.46. The molecule has 2 atom stereocenters. The van der Waals surface area contributed by atoms with Crippen molar-refractivity contribution in [1.29, 1.82) is 0 Å². The molecule has 2 aromatic rings. The molecule has 1 aromatic heterocycles. The van der Waals surface area contributed by atoms with Gasteiger partial charge in [-0.2, -0.15) is 0 Å². The van der Waals surface area contributed by atoms with E-state index in [1.807, 2.05) is 24.4 Å². The van der Waals surface area contributed by atoms with Gasteiger partial charge in [0.15, 0.2) is 0 Å². The van der Waals surface area contributed by atoms with Gasteiger partial charge in [-0.3, -0.25) is 4.90 Å². The lowest BCUT2D eigenvalue weighted by Crippen LogP contribution is -2.29. The lowest BCUT2D eigenvalue weighted by molar-refractivity contribution is 0.304. The Kier molecular flexibility index (Phi) is 4.07. The molecular weight excluding hydrogens is 357 g/mol. The van der Waals surface area contributed by atoms with E-state index in [1.165, 1.54) is 0 Å². The van der Waals surface area contributed by atoms with Crippen LogP contribution >= 0.6 is 15.9 Å². The van der Waals surface area contributed by atoms with Crippen LogP contribution in [-0.4, -0.2) is 36.1 Å². The molecule has 4 rings (SSSR count). The summed E-state index contributed by atoms with van der Waals surface area (Å²) < 4.78 is 14.8. The minimum Gasteiger partial charge on any atom is -0.356 e. The van der Waals surface area contributed by atoms with Gasteiger partial charge in [-0.1, -0.05) is 18.2 Å². The molecule has 0 amide bonds. The number of rotatable bonds is 3. The van der Waals surface area contributed by atoms with Gasteiger partial charge in [-0.05, 0) is 46.0 Å². The Morgan fingerprint density at radius 1 is 1.04 bits per heavy atom. The van der Waals surface area contributed by atoms with E-state index in [2.05, 4.69) is 36.8 Å². The summed E-state index contributed by atoms with van der Waals surface area (Å²) in [6.07, 6.45) is 1.86. The van der Waals surface area contributed by atoms with Crippen molar-refractivity contribution in [2.75, 3.05) is 31.1 Å². The maximum Gasteiger partial charge on any atom is 0.128 e. The second-order valence-electron chi connectivity index (χ2n) is 6.55. The fourth-order valence-corrected chi connectivity index (χ4v) is 4.06. The summed E-state index contributed by atoms with van der Waals surface area (Å²) in [6.45, 7) is 4.91. The van der Waals surface area contributed by atoms with Gasteiger partial charge in [0.05, 0.1) is 0 Å². The number of fused-ring (bicyclic) bond motifs is 1. The van der Waals surface area contributed by atoms with Gasteiger partial charge in [0, 0.05) is 49.0 Å². The molecule has 0 N–H and O–H groups in total. The molecule has 2 aliphatic heterocycles. The van der Waals surface area contributed by atoms with Gasteiger partial charge in [0.25, 0.3) is 0 Å². The summed E-state index contributed by atoms with van der Waals surface area (Å²) >= 11 is 3.43. The molecule has 2 fully saturated rings. The van der Waals surface area contributed by atoms with E-state index in [0.717, 1.165) is 48.6 Å². The Labute approximate surface area is 144 Å². The van der Waals surface area contributed by atoms with E-state index in [0.29, 0.717) is 11.8 Å². The first kappa shape index (κ1) is 15.1. The van der Waals surface area contributed by atoms with Crippen molar-refractivity contribution in [2.24, 2.45) is 11.8 Å². The van der Waals surface area contributed by atoms with Gasteiger partial charge in [0.1, 0.15) is 11.6 Å². The second kappa shape index (κ2) is 6.21. The van der Waals surface area contributed by atoms with Crippen LogP contribution < -0.4 is 4.90 Å². The fraction of sp³-hybridized carbons (Fsp3) is 0.389. The van der Waals surface area contributed by atoms with Crippen molar-refractivity contribution in [2.45, 2.75) is 6.54 Å². The first-order valence-electron chi connectivity index (χ1n) is 8.01. The highest BCUT2D eigenvalue weighted by Gasteiger charge is 2.40. The molecule has 3 heterocycles. The highest BCUT2D eigenvalue weighted by Crippen LogP contribution is 2.34. The number of pyridine rings is 1. The SMILES string of the molecule is Fc1ccccc1CN1CC2CN(c3ccc(Br)cn3)CC2C1. The topological polar surface area (TPSA) is 19.4 Å². The molecule has 0 spiro atoms. The molecule has 0 radical (unpaired) electrons. The standard InChI is InChI=1S/C18H19BrFN3/c19-16-5-6-18(21-7-16)23-11-14-9-22(10-15(14)12-23)8-13-3-1-2-4-17(13)20/h1-7,14-15H,8-12H2. The summed E-state index contributed by atoms with van der Waals surface area (Å²) in [5.41, 5.74) is 0.805.